The van der Waals surface area contributed by atoms with Crippen molar-refractivity contribution < 1.29 is 14.7 Å². The predicted molar refractivity (Wildman–Crippen MR) is 144 cm³/mol. The largest absolute Gasteiger partial charge is 0.475 e. The molecular weight excluding hydrogens is 462 g/mol. The molecule has 0 bridgehead atoms. The Balaban J connectivity index is 1.03. The Labute approximate surface area is 218 Å². The summed E-state index contributed by atoms with van der Waals surface area (Å²) in [6.07, 6.45) is 1.40. The normalized spacial score (nSPS) is 17.6. The highest BCUT2D eigenvalue weighted by Gasteiger charge is 2.28. The van der Waals surface area contributed by atoms with Crippen molar-refractivity contribution in [3.8, 4) is 5.88 Å². The molecule has 6 nitrogen and oxygen atoms in total. The second-order valence-corrected chi connectivity index (χ2v) is 9.92. The zero-order valence-corrected chi connectivity index (χ0v) is 21.0. The molecule has 190 valence electrons. The zero-order valence-electron chi connectivity index (χ0n) is 21.0. The molecule has 0 saturated carbocycles. The van der Waals surface area contributed by atoms with Crippen molar-refractivity contribution in [2.45, 2.75) is 25.0 Å². The predicted octanol–water partition coefficient (Wildman–Crippen LogP) is 4.41. The first-order valence-electron chi connectivity index (χ1n) is 13.2. The highest BCUT2D eigenvalue weighted by molar-refractivity contribution is 5.78. The lowest BCUT2D eigenvalue weighted by molar-refractivity contribution is -0.204. The highest BCUT2D eigenvalue weighted by atomic mass is 16.7. The number of pyridine rings is 1. The zero-order chi connectivity index (χ0) is 25.0. The van der Waals surface area contributed by atoms with Crippen LogP contribution in [-0.4, -0.2) is 65.5 Å². The Morgan fingerprint density at radius 3 is 2.16 bits per heavy atom. The summed E-state index contributed by atoms with van der Waals surface area (Å²) in [5.41, 5.74) is 6.16. The van der Waals surface area contributed by atoms with Gasteiger partial charge in [0.2, 0.25) is 5.88 Å². The first-order chi connectivity index (χ1) is 18.2. The lowest BCUT2D eigenvalue weighted by Crippen LogP contribution is -2.49. The third kappa shape index (κ3) is 5.53. The van der Waals surface area contributed by atoms with Crippen LogP contribution in [0.5, 0.6) is 5.88 Å². The summed E-state index contributed by atoms with van der Waals surface area (Å²) in [5.74, 6) is 0.542. The van der Waals surface area contributed by atoms with E-state index in [0.29, 0.717) is 12.4 Å². The number of aliphatic hydroxyl groups excluding tert-OH is 1. The van der Waals surface area contributed by atoms with E-state index in [1.165, 1.54) is 22.3 Å². The van der Waals surface area contributed by atoms with Gasteiger partial charge < -0.3 is 9.84 Å². The van der Waals surface area contributed by atoms with Gasteiger partial charge in [0.1, 0.15) is 18.8 Å². The van der Waals surface area contributed by atoms with E-state index in [9.17, 15) is 5.11 Å². The number of hydrogen-bond acceptors (Lipinski definition) is 6. The molecule has 1 aromatic heterocycles. The van der Waals surface area contributed by atoms with Gasteiger partial charge in [-0.05, 0) is 47.2 Å². The average Bonchev–Trinajstić information content (AvgIpc) is 3.10. The van der Waals surface area contributed by atoms with E-state index in [-0.39, 0.29) is 12.7 Å². The van der Waals surface area contributed by atoms with Crippen LogP contribution in [-0.2, 0) is 17.7 Å². The second kappa shape index (κ2) is 11.0. The number of rotatable bonds is 7. The van der Waals surface area contributed by atoms with Crippen LogP contribution in [0.1, 0.15) is 28.4 Å². The van der Waals surface area contributed by atoms with Gasteiger partial charge in [-0.25, -0.2) is 4.98 Å². The van der Waals surface area contributed by atoms with E-state index >= 15 is 0 Å². The smallest absolute Gasteiger partial charge is 0.213 e. The summed E-state index contributed by atoms with van der Waals surface area (Å²) in [7, 11) is 0. The molecule has 0 spiro atoms. The molecule has 1 aliphatic carbocycles. The molecule has 0 radical (unpaired) electrons. The van der Waals surface area contributed by atoms with Crippen LogP contribution in [0.4, 0.5) is 0 Å². The van der Waals surface area contributed by atoms with Gasteiger partial charge in [-0.15, -0.1) is 0 Å². The number of nitrogens with zero attached hydrogens (tertiary/aromatic N) is 3. The fourth-order valence-electron chi connectivity index (χ4n) is 5.41. The van der Waals surface area contributed by atoms with Crippen LogP contribution in [0.2, 0.25) is 0 Å². The molecule has 2 heterocycles. The van der Waals surface area contributed by atoms with Gasteiger partial charge in [-0.3, -0.25) is 9.74 Å². The molecule has 6 heteroatoms. The lowest BCUT2D eigenvalue weighted by Gasteiger charge is -2.37. The summed E-state index contributed by atoms with van der Waals surface area (Å²) in [6, 6.07) is 29.1. The molecular formula is C31H33N3O3. The molecule has 37 heavy (non-hydrogen) atoms. The number of para-hydroxylation sites is 1. The Hall–Kier alpha value is -3.29. The van der Waals surface area contributed by atoms with Gasteiger partial charge >= 0.3 is 0 Å². The van der Waals surface area contributed by atoms with Gasteiger partial charge in [-0.2, -0.15) is 5.06 Å². The molecule has 0 amide bonds. The van der Waals surface area contributed by atoms with Crippen LogP contribution >= 0.6 is 0 Å². The Kier molecular flexibility index (Phi) is 7.15. The van der Waals surface area contributed by atoms with E-state index in [0.717, 1.165) is 49.9 Å². The van der Waals surface area contributed by atoms with Gasteiger partial charge in [0.05, 0.1) is 5.52 Å². The topological polar surface area (TPSA) is 58.1 Å². The molecule has 4 aromatic rings. The molecule has 1 fully saturated rings. The lowest BCUT2D eigenvalue weighted by atomic mass is 9.97. The first kappa shape index (κ1) is 24.1. The quantitative estimate of drug-likeness (QED) is 0.410. The van der Waals surface area contributed by atoms with Crippen molar-refractivity contribution in [2.24, 2.45) is 0 Å². The number of ether oxygens (including phenoxy) is 1. The van der Waals surface area contributed by atoms with Crippen LogP contribution < -0.4 is 4.74 Å². The Bertz CT molecular complexity index is 1300. The van der Waals surface area contributed by atoms with Gasteiger partial charge in [0.25, 0.3) is 0 Å². The van der Waals surface area contributed by atoms with Crippen molar-refractivity contribution in [3.63, 3.8) is 0 Å². The van der Waals surface area contributed by atoms with Crippen LogP contribution in [0, 0.1) is 0 Å². The van der Waals surface area contributed by atoms with Crippen molar-refractivity contribution in [3.05, 3.63) is 107 Å². The third-order valence-electron chi connectivity index (χ3n) is 7.39. The maximum Gasteiger partial charge on any atom is 0.213 e. The van der Waals surface area contributed by atoms with E-state index in [1.807, 2.05) is 36.4 Å². The van der Waals surface area contributed by atoms with Crippen molar-refractivity contribution in [1.82, 2.24) is 14.9 Å². The van der Waals surface area contributed by atoms with Gasteiger partial charge in [0, 0.05) is 44.2 Å². The van der Waals surface area contributed by atoms with Crippen LogP contribution in [0.3, 0.4) is 0 Å². The number of piperazine rings is 1. The maximum absolute atomic E-state index is 10.6. The Morgan fingerprint density at radius 2 is 1.43 bits per heavy atom. The van der Waals surface area contributed by atoms with E-state index in [4.69, 9.17) is 9.57 Å². The van der Waals surface area contributed by atoms with Crippen molar-refractivity contribution in [1.29, 1.82) is 0 Å². The maximum atomic E-state index is 10.6. The minimum atomic E-state index is -0.582. The molecule has 6 rings (SSSR count). The fourth-order valence-corrected chi connectivity index (χ4v) is 5.41. The van der Waals surface area contributed by atoms with Crippen LogP contribution in [0.25, 0.3) is 10.9 Å². The number of hydroxylamine groups is 2. The number of hydrogen-bond donors (Lipinski definition) is 1. The minimum absolute atomic E-state index is 0.0881. The summed E-state index contributed by atoms with van der Waals surface area (Å²) in [6.45, 7) is 4.04. The van der Waals surface area contributed by atoms with Gasteiger partial charge in [0.15, 0.2) is 0 Å². The number of benzene rings is 3. The number of aliphatic hydroxyl groups is 1. The molecule has 1 atom stereocenters. The second-order valence-electron chi connectivity index (χ2n) is 9.92. The summed E-state index contributed by atoms with van der Waals surface area (Å²) in [4.78, 5) is 13.5. The monoisotopic (exact) mass is 495 g/mol. The number of fused-ring (bicyclic) bond motifs is 3. The highest BCUT2D eigenvalue weighted by Crippen LogP contribution is 2.35. The SMILES string of the molecule is OC(COc1ccc2ccccc2n1)CN1CCN(OC2c3ccccc3CCc3ccccc32)CC1. The summed E-state index contributed by atoms with van der Waals surface area (Å²) < 4.78 is 5.79. The van der Waals surface area contributed by atoms with Crippen LogP contribution in [0.15, 0.2) is 84.9 Å². The molecule has 1 unspecified atom stereocenters. The standard InChI is InChI=1S/C31H33N3O3/c35-26(22-36-30-16-15-25-9-3-6-12-29(25)32-30)21-33-17-19-34(20-18-33)37-31-27-10-4-1-7-23(27)13-14-24-8-2-5-11-28(24)31/h1-12,15-16,26,31,35H,13-14,17-22H2. The average molecular weight is 496 g/mol. The molecule has 2 aliphatic rings. The summed E-state index contributed by atoms with van der Waals surface area (Å²) >= 11 is 0. The number of aromatic nitrogens is 1. The van der Waals surface area contributed by atoms with Gasteiger partial charge in [-0.1, -0.05) is 66.7 Å². The van der Waals surface area contributed by atoms with E-state index < -0.39 is 6.10 Å². The van der Waals surface area contributed by atoms with E-state index in [2.05, 4.69) is 63.5 Å². The van der Waals surface area contributed by atoms with Crippen molar-refractivity contribution in [2.75, 3.05) is 39.3 Å². The molecule has 3 aromatic carbocycles. The first-order valence-corrected chi connectivity index (χ1v) is 13.2. The third-order valence-corrected chi connectivity index (χ3v) is 7.39. The molecule has 1 saturated heterocycles. The van der Waals surface area contributed by atoms with Crippen molar-refractivity contribution >= 4 is 10.9 Å². The molecule has 1 aliphatic heterocycles. The fraction of sp³-hybridized carbons (Fsp3) is 0.323. The van der Waals surface area contributed by atoms with E-state index in [1.54, 1.807) is 0 Å². The number of β-amino-alcohol motifs (C(OH)–C–C–N with tert-alkyl or cyclic N) is 1. The number of aryl methyl sites for hydroxylation is 2. The Morgan fingerprint density at radius 1 is 0.784 bits per heavy atom. The minimum Gasteiger partial charge on any atom is -0.475 e. The summed E-state index contributed by atoms with van der Waals surface area (Å²) in [5, 5.41) is 13.8. The molecule has 1 N–H and O–H groups in total.